The second-order valence-corrected chi connectivity index (χ2v) is 4.94. The van der Waals surface area contributed by atoms with E-state index in [1.54, 1.807) is 17.0 Å². The Hall–Kier alpha value is -2.48. The van der Waals surface area contributed by atoms with Gasteiger partial charge in [0.1, 0.15) is 5.01 Å². The van der Waals surface area contributed by atoms with Crippen LogP contribution in [0, 0.1) is 0 Å². The molecule has 8 heteroatoms. The lowest BCUT2D eigenvalue weighted by molar-refractivity contribution is 0.574. The molecule has 0 aromatic carbocycles. The topological polar surface area (TPSA) is 74.0 Å². The van der Waals surface area contributed by atoms with Crippen LogP contribution in [0.25, 0.3) is 16.5 Å². The predicted octanol–water partition coefficient (Wildman–Crippen LogP) is 1.69. The first-order chi connectivity index (χ1) is 9.40. The third-order valence-corrected chi connectivity index (χ3v) is 3.51. The number of rotatable bonds is 3. The molecule has 4 aromatic heterocycles. The Balaban J connectivity index is 1.76. The van der Waals surface area contributed by atoms with Gasteiger partial charge in [-0.1, -0.05) is 11.3 Å². The van der Waals surface area contributed by atoms with Crippen molar-refractivity contribution in [3.05, 3.63) is 41.9 Å². The molecule has 0 saturated carbocycles. The fourth-order valence-corrected chi connectivity index (χ4v) is 2.64. The van der Waals surface area contributed by atoms with Crippen LogP contribution in [0.2, 0.25) is 0 Å². The second kappa shape index (κ2) is 4.02. The molecule has 0 unspecified atom stereocenters. The summed E-state index contributed by atoms with van der Waals surface area (Å²) in [7, 11) is 0. The molecule has 0 fully saturated rings. The number of fused-ring (bicyclic) bond motifs is 1. The number of hydrogen-bond donors (Lipinski definition) is 0. The third kappa shape index (κ3) is 1.73. The van der Waals surface area contributed by atoms with Crippen molar-refractivity contribution in [1.82, 2.24) is 29.6 Å². The van der Waals surface area contributed by atoms with Crippen LogP contribution in [0.1, 0.15) is 5.01 Å². The van der Waals surface area contributed by atoms with Crippen LogP contribution >= 0.6 is 11.3 Å². The summed E-state index contributed by atoms with van der Waals surface area (Å²) < 4.78 is 8.84. The Labute approximate surface area is 111 Å². The van der Waals surface area contributed by atoms with Gasteiger partial charge >= 0.3 is 0 Å². The van der Waals surface area contributed by atoms with Crippen LogP contribution in [-0.4, -0.2) is 29.6 Å². The first-order valence-electron chi connectivity index (χ1n) is 5.62. The molecule has 0 aliphatic rings. The van der Waals surface area contributed by atoms with Crippen LogP contribution < -0.4 is 0 Å². The maximum Gasteiger partial charge on any atom is 0.235 e. The lowest BCUT2D eigenvalue weighted by atomic mass is 10.4. The van der Waals surface area contributed by atoms with E-state index in [0.29, 0.717) is 18.1 Å². The van der Waals surface area contributed by atoms with E-state index in [1.165, 1.54) is 11.3 Å². The van der Waals surface area contributed by atoms with Gasteiger partial charge in [-0.3, -0.25) is 4.68 Å². The van der Waals surface area contributed by atoms with Gasteiger partial charge in [0.15, 0.2) is 5.76 Å². The van der Waals surface area contributed by atoms with Gasteiger partial charge in [-0.25, -0.2) is 0 Å². The molecule has 0 N–H and O–H groups in total. The number of nitrogens with zero attached hydrogens (tertiary/aromatic N) is 6. The van der Waals surface area contributed by atoms with Crippen molar-refractivity contribution >= 4 is 16.3 Å². The standard InChI is InChI=1S/C11H8N6OS/c1-3-8(18-6-1)10-13-14-11-17(10)15-9(19-11)7-16-5-2-4-12-16/h1-6H,7H2. The Morgan fingerprint density at radius 2 is 2.26 bits per heavy atom. The first kappa shape index (κ1) is 10.4. The molecule has 0 atom stereocenters. The van der Waals surface area contributed by atoms with Crippen LogP contribution in [0.4, 0.5) is 0 Å². The quantitative estimate of drug-likeness (QED) is 0.567. The smallest absolute Gasteiger partial charge is 0.235 e. The van der Waals surface area contributed by atoms with E-state index < -0.39 is 0 Å². The molecular formula is C11H8N6OS. The second-order valence-electron chi connectivity index (χ2n) is 3.89. The van der Waals surface area contributed by atoms with Crippen molar-refractivity contribution in [3.63, 3.8) is 0 Å². The summed E-state index contributed by atoms with van der Waals surface area (Å²) in [5.41, 5.74) is 0. The molecule has 94 valence electrons. The zero-order valence-electron chi connectivity index (χ0n) is 9.67. The normalized spacial score (nSPS) is 11.4. The van der Waals surface area contributed by atoms with Gasteiger partial charge in [0.05, 0.1) is 12.8 Å². The fourth-order valence-electron chi connectivity index (χ4n) is 1.81. The van der Waals surface area contributed by atoms with Crippen LogP contribution in [0.5, 0.6) is 0 Å². The predicted molar refractivity (Wildman–Crippen MR) is 67.7 cm³/mol. The van der Waals surface area contributed by atoms with E-state index in [1.807, 2.05) is 29.1 Å². The average molecular weight is 272 g/mol. The largest absolute Gasteiger partial charge is 0.461 e. The number of hydrogen-bond acceptors (Lipinski definition) is 6. The highest BCUT2D eigenvalue weighted by atomic mass is 32.1. The molecule has 19 heavy (non-hydrogen) atoms. The lowest BCUT2D eigenvalue weighted by Crippen LogP contribution is -2.00. The summed E-state index contributed by atoms with van der Waals surface area (Å²) in [6, 6.07) is 5.53. The molecule has 7 nitrogen and oxygen atoms in total. The molecule has 4 aromatic rings. The molecular weight excluding hydrogens is 264 g/mol. The molecule has 0 saturated heterocycles. The van der Waals surface area contributed by atoms with Crippen molar-refractivity contribution in [2.75, 3.05) is 0 Å². The Bertz CT molecular complexity index is 798. The molecule has 0 bridgehead atoms. The van der Waals surface area contributed by atoms with Crippen LogP contribution in [0.3, 0.4) is 0 Å². The van der Waals surface area contributed by atoms with E-state index in [0.717, 1.165) is 9.97 Å². The molecule has 0 aliphatic carbocycles. The molecule has 4 rings (SSSR count). The van der Waals surface area contributed by atoms with Gasteiger partial charge < -0.3 is 4.42 Å². The Morgan fingerprint density at radius 3 is 3.05 bits per heavy atom. The summed E-state index contributed by atoms with van der Waals surface area (Å²) in [6.07, 6.45) is 5.25. The van der Waals surface area contributed by atoms with Gasteiger partial charge in [-0.2, -0.15) is 14.7 Å². The van der Waals surface area contributed by atoms with E-state index >= 15 is 0 Å². The minimum absolute atomic E-state index is 0.614. The molecule has 0 aliphatic heterocycles. The monoisotopic (exact) mass is 272 g/mol. The maximum absolute atomic E-state index is 5.32. The number of aromatic nitrogens is 6. The highest BCUT2D eigenvalue weighted by Crippen LogP contribution is 2.22. The van der Waals surface area contributed by atoms with Crippen molar-refractivity contribution in [2.45, 2.75) is 6.54 Å². The maximum atomic E-state index is 5.32. The summed E-state index contributed by atoms with van der Waals surface area (Å²) in [6.45, 7) is 0.624. The molecule has 0 radical (unpaired) electrons. The van der Waals surface area contributed by atoms with E-state index in [2.05, 4.69) is 20.4 Å². The van der Waals surface area contributed by atoms with Crippen molar-refractivity contribution < 1.29 is 4.42 Å². The zero-order valence-corrected chi connectivity index (χ0v) is 10.5. The van der Waals surface area contributed by atoms with Crippen LogP contribution in [0.15, 0.2) is 41.3 Å². The Kier molecular flexibility index (Phi) is 2.21. The van der Waals surface area contributed by atoms with Crippen molar-refractivity contribution in [2.24, 2.45) is 0 Å². The van der Waals surface area contributed by atoms with Gasteiger partial charge in [-0.05, 0) is 18.2 Å². The lowest BCUT2D eigenvalue weighted by Gasteiger charge is -1.95. The van der Waals surface area contributed by atoms with Gasteiger partial charge in [0, 0.05) is 12.4 Å². The summed E-state index contributed by atoms with van der Waals surface area (Å²) in [5.74, 6) is 1.27. The summed E-state index contributed by atoms with van der Waals surface area (Å²) in [5, 5.41) is 17.8. The van der Waals surface area contributed by atoms with Crippen LogP contribution in [-0.2, 0) is 6.54 Å². The third-order valence-electron chi connectivity index (χ3n) is 2.63. The SMILES string of the molecule is c1coc(-c2nnc3sc(Cn4cccn4)nn23)c1. The highest BCUT2D eigenvalue weighted by Gasteiger charge is 2.15. The van der Waals surface area contributed by atoms with Crippen molar-refractivity contribution in [3.8, 4) is 11.6 Å². The average Bonchev–Trinajstić information content (AvgIpc) is 3.12. The minimum Gasteiger partial charge on any atom is -0.461 e. The fraction of sp³-hybridized carbons (Fsp3) is 0.0909. The van der Waals surface area contributed by atoms with E-state index in [9.17, 15) is 0 Å². The summed E-state index contributed by atoms with van der Waals surface area (Å²) in [4.78, 5) is 0.744. The first-order valence-corrected chi connectivity index (χ1v) is 6.44. The van der Waals surface area contributed by atoms with Gasteiger partial charge in [-0.15, -0.1) is 10.2 Å². The molecule has 4 heterocycles. The zero-order chi connectivity index (χ0) is 12.7. The van der Waals surface area contributed by atoms with Gasteiger partial charge in [0.25, 0.3) is 0 Å². The highest BCUT2D eigenvalue weighted by molar-refractivity contribution is 7.16. The Morgan fingerprint density at radius 1 is 1.26 bits per heavy atom. The van der Waals surface area contributed by atoms with E-state index in [4.69, 9.17) is 4.42 Å². The number of furan rings is 1. The summed E-state index contributed by atoms with van der Waals surface area (Å²) >= 11 is 1.49. The minimum atomic E-state index is 0.614. The molecule has 0 amide bonds. The van der Waals surface area contributed by atoms with Gasteiger partial charge in [0.2, 0.25) is 10.8 Å². The van der Waals surface area contributed by atoms with Crippen molar-refractivity contribution in [1.29, 1.82) is 0 Å². The molecule has 0 spiro atoms. The van der Waals surface area contributed by atoms with E-state index in [-0.39, 0.29) is 0 Å².